The third kappa shape index (κ3) is 47.0. The van der Waals surface area contributed by atoms with Gasteiger partial charge in [0.05, 0.1) is 50.8 Å². The molecule has 0 radical (unpaired) electrons. The number of carbonyl (C=O) groups excluding carboxylic acids is 19. The van der Waals surface area contributed by atoms with Gasteiger partial charge in [0.2, 0.25) is 112 Å². The summed E-state index contributed by atoms with van der Waals surface area (Å²) in [6.45, 7) is 22.1. The number of nitrogens with one attached hydrogen (secondary N) is 21. The van der Waals surface area contributed by atoms with Gasteiger partial charge in [-0.1, -0.05) is 89.5 Å². The Morgan fingerprint density at radius 3 is 1.20 bits per heavy atom. The first kappa shape index (κ1) is 119. The lowest BCUT2D eigenvalue weighted by Crippen LogP contribution is -2.61. The summed E-state index contributed by atoms with van der Waals surface area (Å²) in [5.41, 5.74) is 16.6. The Hall–Kier alpha value is -12.4. The van der Waals surface area contributed by atoms with E-state index in [1.807, 2.05) is 0 Å². The maximum atomic E-state index is 14.5. The van der Waals surface area contributed by atoms with Crippen molar-refractivity contribution in [3.05, 3.63) is 18.2 Å². The first-order chi connectivity index (χ1) is 62.0. The van der Waals surface area contributed by atoms with Crippen molar-refractivity contribution in [1.82, 2.24) is 111 Å². The van der Waals surface area contributed by atoms with Gasteiger partial charge in [0.1, 0.15) is 96.7 Å². The Balaban J connectivity index is 3.23. The van der Waals surface area contributed by atoms with E-state index < -0.39 is 284 Å². The van der Waals surface area contributed by atoms with Crippen LogP contribution in [0.1, 0.15) is 187 Å². The summed E-state index contributed by atoms with van der Waals surface area (Å²) < 4.78 is 0. The Morgan fingerprint density at radius 1 is 0.414 bits per heavy atom. The van der Waals surface area contributed by atoms with Crippen LogP contribution in [-0.2, 0) is 107 Å². The summed E-state index contributed by atoms with van der Waals surface area (Å²) in [6, 6.07) is -23.5. The number of aromatic nitrogens is 2. The lowest BCUT2D eigenvalue weighted by atomic mass is 9.96. The molecule has 0 unspecified atom stereocenters. The second kappa shape index (κ2) is 60.6. The molecule has 1 rings (SSSR count). The van der Waals surface area contributed by atoms with Crippen LogP contribution in [0.15, 0.2) is 12.5 Å². The van der Waals surface area contributed by atoms with Gasteiger partial charge >= 0.3 is 11.9 Å². The fourth-order valence-corrected chi connectivity index (χ4v) is 12.9. The molecule has 0 aliphatic heterocycles. The van der Waals surface area contributed by atoms with Gasteiger partial charge in [0.25, 0.3) is 0 Å². The first-order valence-electron chi connectivity index (χ1n) is 43.8. The van der Waals surface area contributed by atoms with E-state index in [2.05, 4.69) is 124 Å². The third-order valence-electron chi connectivity index (χ3n) is 20.0. The smallest absolute Gasteiger partial charge is 0.326 e. The number of nitrogens with two attached hydrogens (primary N) is 3. The molecule has 1 aromatic rings. The van der Waals surface area contributed by atoms with E-state index in [-0.39, 0.29) is 98.9 Å². The van der Waals surface area contributed by atoms with Crippen LogP contribution in [0.2, 0.25) is 0 Å². The molecule has 19 amide bonds. The summed E-state index contributed by atoms with van der Waals surface area (Å²) in [7, 11) is 0. The number of H-pyrrole nitrogens is 1. The number of primary amides is 1. The molecule has 50 nitrogen and oxygen atoms in total. The van der Waals surface area contributed by atoms with Gasteiger partial charge in [-0.15, -0.1) is 0 Å². The number of guanidine groups is 1. The molecule has 18 atom stereocenters. The molecule has 31 N–H and O–H groups in total. The molecule has 0 aliphatic rings. The van der Waals surface area contributed by atoms with Gasteiger partial charge in [-0.25, -0.2) is 9.78 Å². The molecule has 0 saturated carbocycles. The van der Waals surface area contributed by atoms with Crippen LogP contribution in [0.3, 0.4) is 0 Å². The van der Waals surface area contributed by atoms with Crippen molar-refractivity contribution in [2.24, 2.45) is 52.7 Å². The Bertz CT molecular complexity index is 4120. The Morgan fingerprint density at radius 2 is 0.782 bits per heavy atom. The molecular weight excluding hydrogens is 1770 g/mol. The van der Waals surface area contributed by atoms with Gasteiger partial charge < -0.3 is 144 Å². The van der Waals surface area contributed by atoms with Crippen molar-refractivity contribution in [3.8, 4) is 0 Å². The lowest BCUT2D eigenvalue weighted by molar-refractivity contribution is -0.143. The largest absolute Gasteiger partial charge is 0.481 e. The van der Waals surface area contributed by atoms with E-state index in [0.717, 1.165) is 0 Å². The highest BCUT2D eigenvalue weighted by Crippen LogP contribution is 2.17. The minimum absolute atomic E-state index is 0.00950. The highest BCUT2D eigenvalue weighted by atomic mass is 32.1. The third-order valence-corrected chi connectivity index (χ3v) is 20.4. The average molecular weight is 1910 g/mol. The Kier molecular flexibility index (Phi) is 54.0. The number of thiol groups is 1. The summed E-state index contributed by atoms with van der Waals surface area (Å²) in [4.78, 5) is 289. The van der Waals surface area contributed by atoms with E-state index in [1.54, 1.807) is 83.1 Å². The zero-order valence-corrected chi connectivity index (χ0v) is 79.0. The number of aliphatic hydroxyl groups is 2. The molecule has 750 valence electrons. The maximum Gasteiger partial charge on any atom is 0.326 e. The fourth-order valence-electron chi connectivity index (χ4n) is 12.7. The average Bonchev–Trinajstić information content (AvgIpc) is 1.44. The number of carboxylic acid groups (broad SMARTS) is 2. The number of nitrogens with zero attached hydrogens (tertiary/aromatic N) is 1. The van der Waals surface area contributed by atoms with Crippen LogP contribution in [0.4, 0.5) is 0 Å². The molecule has 0 spiro atoms. The van der Waals surface area contributed by atoms with Crippen LogP contribution >= 0.6 is 12.6 Å². The summed E-state index contributed by atoms with van der Waals surface area (Å²) in [6.07, 6.45) is -1.18. The van der Waals surface area contributed by atoms with Crippen molar-refractivity contribution in [2.75, 3.05) is 38.5 Å². The van der Waals surface area contributed by atoms with E-state index in [0.29, 0.717) is 6.42 Å². The molecule has 0 bridgehead atoms. The van der Waals surface area contributed by atoms with E-state index in [4.69, 9.17) is 22.6 Å². The number of amides is 19. The van der Waals surface area contributed by atoms with Gasteiger partial charge in [0.15, 0.2) is 5.96 Å². The van der Waals surface area contributed by atoms with Crippen molar-refractivity contribution in [2.45, 2.75) is 291 Å². The Labute approximate surface area is 777 Å². The lowest BCUT2D eigenvalue weighted by Gasteiger charge is -2.29. The van der Waals surface area contributed by atoms with Crippen molar-refractivity contribution < 1.29 is 121 Å². The summed E-state index contributed by atoms with van der Waals surface area (Å²) in [5, 5.41) is 93.0. The topological polar surface area (TPSA) is 799 Å². The second-order valence-electron chi connectivity index (χ2n) is 34.5. The zero-order valence-electron chi connectivity index (χ0n) is 78.2. The minimum Gasteiger partial charge on any atom is -0.481 e. The number of aliphatic hydroxyl groups excluding tert-OH is 2. The summed E-state index contributed by atoms with van der Waals surface area (Å²) in [5.74, 6) is -23.9. The minimum atomic E-state index is -1.77. The van der Waals surface area contributed by atoms with E-state index in [9.17, 15) is 121 Å². The number of aromatic amines is 1. The van der Waals surface area contributed by atoms with Crippen LogP contribution in [-0.4, -0.2) is 302 Å². The SMILES string of the molecule is CC[C@H](C)[C@H](NC(=O)CNC(=O)[C@H](C)NC(=O)[C@H](C)NC(=O)[C@H](CC(N)=O)NC(=O)CNC(=O)[C@H](C)NC(=O)CNC(=O)[C@H](Cc1c[nH]cn1)NC(=O)[C@H](CC(C)C)NC(=O)[C@H](CC(C)C)NC(=O)[C@H](CCC(=O)O)NC(=O)[C@H](CC(C)C)NC(=O)[C@H](CCCNC(=N)N)NC(=O)[C@H](CS)NC(=O)[C@@H](N)CO)C(=O)N[C@@H](CC(C)C)C(=O)N[C@H](C(=O)N[C@@H](CC(C)C)C(=O)O)[C@@H](C)O. The van der Waals surface area contributed by atoms with Crippen LogP contribution in [0.5, 0.6) is 0 Å². The predicted octanol–water partition coefficient (Wildman–Crippen LogP) is -8.37. The number of carboxylic acids is 2. The molecule has 0 saturated heterocycles. The standard InChI is InChI=1S/C82H141N25O25S/c1-17-42(12)64(79(129)103-54(26-40(8)9)77(127)107-65(46(16)109)80(130)104-57(81(131)132)27-41(10)11)106-62(113)33-90-67(117)44(14)94-68(118)45(15)95-73(123)56(29-59(84)110)96-61(112)32-89-66(116)43(13)93-60(111)31-91-70(120)55(28-47-30-87-36-92-47)102-76(126)53(25-39(6)7)101-75(125)52(24-38(4)5)100-72(122)50(20-21-63(114)115)98-74(124)51(23-37(2)3)99-71(121)49(19-18-22-88-82(85)86)97-78(128)58(35-133)105-69(119)48(83)34-108/h30,36-46,48-58,64-65,108-109,133H,17-29,31-35,83H2,1-16H3,(H2,84,110)(H,87,92)(H,89,116)(H,90,117)(H,91,120)(H,93,111)(H,94,118)(H,95,123)(H,96,112)(H,97,128)(H,98,124)(H,99,121)(H,100,122)(H,101,125)(H,102,126)(H,103,129)(H,104,130)(H,105,119)(H,106,113)(H,107,127)(H,114,115)(H,131,132)(H4,85,86,88)/t42-,43-,44-,45-,46+,48-,49-,50-,51-,52-,53-,54-,55-,56-,57-,58-,64-,65-/m0/s1. The fraction of sp³-hybridized carbons (Fsp3) is 0.695. The monoisotopic (exact) mass is 1910 g/mol. The van der Waals surface area contributed by atoms with Crippen LogP contribution in [0.25, 0.3) is 0 Å². The van der Waals surface area contributed by atoms with Gasteiger partial charge in [-0.3, -0.25) is 101 Å². The molecule has 51 heteroatoms. The van der Waals surface area contributed by atoms with Gasteiger partial charge in [-0.2, -0.15) is 12.6 Å². The number of hydrogen-bond donors (Lipinski definition) is 29. The predicted molar refractivity (Wildman–Crippen MR) is 482 cm³/mol. The maximum absolute atomic E-state index is 14.5. The highest BCUT2D eigenvalue weighted by Gasteiger charge is 2.40. The van der Waals surface area contributed by atoms with E-state index >= 15 is 0 Å². The molecule has 133 heavy (non-hydrogen) atoms. The molecule has 1 aromatic heterocycles. The van der Waals surface area contributed by atoms with Gasteiger partial charge in [-0.05, 0) is 115 Å². The van der Waals surface area contributed by atoms with Crippen molar-refractivity contribution >= 4 is 143 Å². The number of hydrogen-bond acceptors (Lipinski definition) is 27. The van der Waals surface area contributed by atoms with Crippen LogP contribution < -0.4 is 118 Å². The first-order valence-corrected chi connectivity index (χ1v) is 44.5. The highest BCUT2D eigenvalue weighted by molar-refractivity contribution is 7.80. The number of aliphatic carboxylic acids is 2. The van der Waals surface area contributed by atoms with Crippen molar-refractivity contribution in [1.29, 1.82) is 5.41 Å². The molecular formula is C82H141N25O25S. The van der Waals surface area contributed by atoms with Crippen molar-refractivity contribution in [3.63, 3.8) is 0 Å². The molecule has 0 aliphatic carbocycles. The second-order valence-corrected chi connectivity index (χ2v) is 34.9. The molecule has 1 heterocycles. The van der Waals surface area contributed by atoms with Gasteiger partial charge in [0, 0.05) is 31.3 Å². The molecule has 0 fully saturated rings. The normalized spacial score (nSPS) is 15.3. The van der Waals surface area contributed by atoms with E-state index in [1.165, 1.54) is 40.2 Å². The van der Waals surface area contributed by atoms with Crippen LogP contribution in [0, 0.1) is 40.9 Å². The number of imidazole rings is 1. The number of rotatable bonds is 63. The number of carbonyl (C=O) groups is 21. The zero-order chi connectivity index (χ0) is 102. The summed E-state index contributed by atoms with van der Waals surface area (Å²) >= 11 is 4.13. The quantitative estimate of drug-likeness (QED) is 0.0125. The molecule has 0 aromatic carbocycles.